The van der Waals surface area contributed by atoms with E-state index in [-0.39, 0.29) is 12.0 Å². The third-order valence-electron chi connectivity index (χ3n) is 6.27. The van der Waals surface area contributed by atoms with Gasteiger partial charge in [0, 0.05) is 45.3 Å². The maximum absolute atomic E-state index is 11.5. The van der Waals surface area contributed by atoms with Gasteiger partial charge in [0.1, 0.15) is 11.5 Å². The Morgan fingerprint density at radius 3 is 2.39 bits per heavy atom. The Kier molecular flexibility index (Phi) is 8.61. The normalized spacial score (nSPS) is 15.4. The van der Waals surface area contributed by atoms with E-state index in [2.05, 4.69) is 60.2 Å². The van der Waals surface area contributed by atoms with E-state index in [1.807, 2.05) is 19.1 Å². The van der Waals surface area contributed by atoms with Gasteiger partial charge in [-0.05, 0) is 61.6 Å². The van der Waals surface area contributed by atoms with Crippen molar-refractivity contribution >= 4 is 17.3 Å². The first-order valence-corrected chi connectivity index (χ1v) is 12.0. The van der Waals surface area contributed by atoms with Crippen molar-refractivity contribution in [2.24, 2.45) is 0 Å². The molecule has 1 amide bonds. The summed E-state index contributed by atoms with van der Waals surface area (Å²) in [6.45, 7) is 15.1. The highest BCUT2D eigenvalue weighted by molar-refractivity contribution is 5.89. The fraction of sp³-hybridized carbons (Fsp3) is 0.519. The first-order valence-electron chi connectivity index (χ1n) is 12.0. The molecule has 1 saturated heterocycles. The summed E-state index contributed by atoms with van der Waals surface area (Å²) in [5.41, 5.74) is 4.18. The van der Waals surface area contributed by atoms with Crippen molar-refractivity contribution in [2.45, 2.75) is 53.1 Å². The van der Waals surface area contributed by atoms with Gasteiger partial charge in [0.25, 0.3) is 0 Å². The molecule has 0 aliphatic carbocycles. The summed E-state index contributed by atoms with van der Waals surface area (Å²) in [7, 11) is 1.73. The van der Waals surface area contributed by atoms with Gasteiger partial charge >= 0.3 is 0 Å². The van der Waals surface area contributed by atoms with E-state index in [4.69, 9.17) is 9.47 Å². The number of carbonyl (C=O) groups excluding carboxylic acids is 1. The molecule has 1 heterocycles. The molecular weight excluding hydrogens is 414 g/mol. The van der Waals surface area contributed by atoms with E-state index in [1.54, 1.807) is 7.11 Å². The number of nitrogens with zero attached hydrogens (tertiary/aromatic N) is 2. The minimum Gasteiger partial charge on any atom is -0.495 e. The lowest BCUT2D eigenvalue weighted by atomic mass is 9.99. The highest BCUT2D eigenvalue weighted by atomic mass is 16.5. The van der Waals surface area contributed by atoms with Crippen molar-refractivity contribution < 1.29 is 14.3 Å². The molecule has 1 aliphatic heterocycles. The van der Waals surface area contributed by atoms with E-state index >= 15 is 0 Å². The number of benzene rings is 2. The van der Waals surface area contributed by atoms with Crippen LogP contribution in [0.15, 0.2) is 36.4 Å². The van der Waals surface area contributed by atoms with E-state index in [9.17, 15) is 4.79 Å². The Labute approximate surface area is 198 Å². The summed E-state index contributed by atoms with van der Waals surface area (Å²) in [5, 5.41) is 2.93. The molecule has 33 heavy (non-hydrogen) atoms. The second kappa shape index (κ2) is 11.4. The van der Waals surface area contributed by atoms with Gasteiger partial charge in [-0.25, -0.2) is 0 Å². The van der Waals surface area contributed by atoms with Crippen LogP contribution in [0.5, 0.6) is 11.5 Å². The lowest BCUT2D eigenvalue weighted by Crippen LogP contribution is -2.47. The van der Waals surface area contributed by atoms with Crippen molar-refractivity contribution in [1.82, 2.24) is 4.90 Å². The van der Waals surface area contributed by atoms with E-state index < -0.39 is 0 Å². The molecule has 0 aromatic heterocycles. The van der Waals surface area contributed by atoms with Crippen LogP contribution < -0.4 is 19.7 Å². The summed E-state index contributed by atoms with van der Waals surface area (Å²) in [5.74, 6) is 2.11. The van der Waals surface area contributed by atoms with Gasteiger partial charge in [-0.15, -0.1) is 0 Å². The maximum Gasteiger partial charge on any atom is 0.221 e. The SMILES string of the molecule is COc1ccccc1N1CCN(CCC(C)Oc2cc(C)c(NC(C)=O)cc2C(C)C)CC1. The van der Waals surface area contributed by atoms with Crippen LogP contribution in [0, 0.1) is 6.92 Å². The second-order valence-corrected chi connectivity index (χ2v) is 9.26. The van der Waals surface area contributed by atoms with Gasteiger partial charge < -0.3 is 19.7 Å². The summed E-state index contributed by atoms with van der Waals surface area (Å²) >= 11 is 0. The lowest BCUT2D eigenvalue weighted by molar-refractivity contribution is -0.114. The molecule has 1 fully saturated rings. The van der Waals surface area contributed by atoms with E-state index in [1.165, 1.54) is 12.6 Å². The first kappa shape index (κ1) is 24.9. The monoisotopic (exact) mass is 453 g/mol. The lowest BCUT2D eigenvalue weighted by Gasteiger charge is -2.37. The Morgan fingerprint density at radius 2 is 1.76 bits per heavy atom. The molecule has 3 rings (SSSR count). The quantitative estimate of drug-likeness (QED) is 0.575. The molecule has 2 aromatic carbocycles. The Balaban J connectivity index is 1.54. The molecule has 1 atom stereocenters. The van der Waals surface area contributed by atoms with Gasteiger partial charge in [0.15, 0.2) is 0 Å². The van der Waals surface area contributed by atoms with E-state index in [0.29, 0.717) is 5.92 Å². The summed E-state index contributed by atoms with van der Waals surface area (Å²) in [4.78, 5) is 16.4. The fourth-order valence-electron chi connectivity index (χ4n) is 4.32. The van der Waals surface area contributed by atoms with Crippen molar-refractivity contribution in [3.63, 3.8) is 0 Å². The van der Waals surface area contributed by atoms with Crippen molar-refractivity contribution in [3.8, 4) is 11.5 Å². The number of anilines is 2. The van der Waals surface area contributed by atoms with Crippen molar-refractivity contribution in [3.05, 3.63) is 47.5 Å². The number of hydrogen-bond acceptors (Lipinski definition) is 5. The summed E-state index contributed by atoms with van der Waals surface area (Å²) in [6.07, 6.45) is 1.08. The highest BCUT2D eigenvalue weighted by Crippen LogP contribution is 2.33. The number of amides is 1. The van der Waals surface area contributed by atoms with Crippen molar-refractivity contribution in [1.29, 1.82) is 0 Å². The van der Waals surface area contributed by atoms with Crippen LogP contribution in [0.1, 0.15) is 51.2 Å². The Hall–Kier alpha value is -2.73. The molecule has 0 bridgehead atoms. The number of ether oxygens (including phenoxy) is 2. The molecule has 0 spiro atoms. The standard InChI is InChI=1S/C27H39N3O3/c1-19(2)23-18-24(28-22(5)31)20(3)17-27(23)33-21(4)11-12-29-13-15-30(16-14-29)25-9-7-8-10-26(25)32-6/h7-10,17-19,21H,11-16H2,1-6H3,(H,28,31). The minimum atomic E-state index is -0.0550. The maximum atomic E-state index is 11.5. The van der Waals surface area contributed by atoms with Crippen LogP contribution in [0.4, 0.5) is 11.4 Å². The number of para-hydroxylation sites is 2. The highest BCUT2D eigenvalue weighted by Gasteiger charge is 2.21. The summed E-state index contributed by atoms with van der Waals surface area (Å²) < 4.78 is 11.9. The first-order chi connectivity index (χ1) is 15.8. The molecule has 6 nitrogen and oxygen atoms in total. The van der Waals surface area contributed by atoms with Crippen LogP contribution in [-0.4, -0.2) is 56.7 Å². The number of carbonyl (C=O) groups is 1. The van der Waals surface area contributed by atoms with Crippen LogP contribution in [0.25, 0.3) is 0 Å². The topological polar surface area (TPSA) is 54.0 Å². The second-order valence-electron chi connectivity index (χ2n) is 9.26. The predicted molar refractivity (Wildman–Crippen MR) is 136 cm³/mol. The molecule has 1 N–H and O–H groups in total. The Bertz CT molecular complexity index is 936. The number of methoxy groups -OCH3 is 1. The van der Waals surface area contributed by atoms with Gasteiger partial charge in [0.05, 0.1) is 18.9 Å². The Morgan fingerprint density at radius 1 is 1.06 bits per heavy atom. The molecular formula is C27H39N3O3. The molecule has 180 valence electrons. The van der Waals surface area contributed by atoms with Crippen LogP contribution in [0.3, 0.4) is 0 Å². The van der Waals surface area contributed by atoms with Gasteiger partial charge in [-0.2, -0.15) is 0 Å². The third-order valence-corrected chi connectivity index (χ3v) is 6.27. The minimum absolute atomic E-state index is 0.0550. The number of rotatable bonds is 9. The van der Waals surface area contributed by atoms with Gasteiger partial charge in [0.2, 0.25) is 5.91 Å². The number of piperazine rings is 1. The average molecular weight is 454 g/mol. The third kappa shape index (κ3) is 6.64. The van der Waals surface area contributed by atoms with Crippen LogP contribution in [-0.2, 0) is 4.79 Å². The molecule has 2 aromatic rings. The zero-order valence-electron chi connectivity index (χ0n) is 21.0. The van der Waals surface area contributed by atoms with E-state index in [0.717, 1.165) is 67.5 Å². The van der Waals surface area contributed by atoms with Gasteiger partial charge in [-0.1, -0.05) is 26.0 Å². The molecule has 1 aliphatic rings. The fourth-order valence-corrected chi connectivity index (χ4v) is 4.32. The number of hydrogen-bond donors (Lipinski definition) is 1. The molecule has 0 radical (unpaired) electrons. The smallest absolute Gasteiger partial charge is 0.221 e. The zero-order chi connectivity index (χ0) is 24.0. The van der Waals surface area contributed by atoms with Crippen LogP contribution in [0.2, 0.25) is 0 Å². The summed E-state index contributed by atoms with van der Waals surface area (Å²) in [6, 6.07) is 12.4. The molecule has 1 unspecified atom stereocenters. The van der Waals surface area contributed by atoms with Gasteiger partial charge in [-0.3, -0.25) is 9.69 Å². The largest absolute Gasteiger partial charge is 0.495 e. The number of aryl methyl sites for hydroxylation is 1. The predicted octanol–water partition coefficient (Wildman–Crippen LogP) is 5.07. The zero-order valence-corrected chi connectivity index (χ0v) is 21.0. The van der Waals surface area contributed by atoms with Crippen LogP contribution >= 0.6 is 0 Å². The van der Waals surface area contributed by atoms with Crippen molar-refractivity contribution in [2.75, 3.05) is 50.1 Å². The average Bonchev–Trinajstić information content (AvgIpc) is 2.79. The molecule has 0 saturated carbocycles. The molecule has 6 heteroatoms. The number of nitrogens with one attached hydrogen (secondary N) is 1.